The number of amides is 1. The van der Waals surface area contributed by atoms with Crippen molar-refractivity contribution in [3.8, 4) is 0 Å². The van der Waals surface area contributed by atoms with Crippen molar-refractivity contribution in [1.29, 1.82) is 0 Å². The summed E-state index contributed by atoms with van der Waals surface area (Å²) >= 11 is 1.66. The van der Waals surface area contributed by atoms with Gasteiger partial charge in [0.2, 0.25) is 5.91 Å². The topological polar surface area (TPSA) is 33.2 Å². The van der Waals surface area contributed by atoms with Crippen molar-refractivity contribution in [2.45, 2.75) is 19.8 Å². The van der Waals surface area contributed by atoms with E-state index in [1.54, 1.807) is 23.3 Å². The van der Waals surface area contributed by atoms with Crippen LogP contribution in [0.3, 0.4) is 0 Å². The van der Waals surface area contributed by atoms with Crippen LogP contribution in [0.4, 0.5) is 5.82 Å². The zero-order valence-corrected chi connectivity index (χ0v) is 11.4. The third kappa shape index (κ3) is 3.17. The van der Waals surface area contributed by atoms with Crippen LogP contribution >= 0.6 is 11.3 Å². The molecule has 1 amide bonds. The number of hydrogen-bond acceptors (Lipinski definition) is 3. The standard InChI is InChI=1S/C14H16N2OS/c1-11-4-3-5-13(15-11)16(2)14(17)7-6-12-8-9-18-10-12/h3-5,8-10H,6-7H2,1-2H3. The van der Waals surface area contributed by atoms with E-state index in [0.717, 1.165) is 12.1 Å². The second kappa shape index (κ2) is 5.78. The van der Waals surface area contributed by atoms with E-state index in [-0.39, 0.29) is 5.91 Å². The number of carbonyl (C=O) groups excluding carboxylic acids is 1. The normalized spacial score (nSPS) is 10.3. The Morgan fingerprint density at radius 2 is 2.22 bits per heavy atom. The molecule has 0 unspecified atom stereocenters. The third-order valence-electron chi connectivity index (χ3n) is 2.80. The van der Waals surface area contributed by atoms with Crippen LogP contribution in [0.15, 0.2) is 35.0 Å². The van der Waals surface area contributed by atoms with Gasteiger partial charge in [-0.25, -0.2) is 4.98 Å². The number of thiophene rings is 1. The molecule has 0 saturated heterocycles. The molecule has 94 valence electrons. The first-order chi connectivity index (χ1) is 8.66. The lowest BCUT2D eigenvalue weighted by atomic mass is 10.2. The van der Waals surface area contributed by atoms with Crippen molar-refractivity contribution in [3.63, 3.8) is 0 Å². The SMILES string of the molecule is Cc1cccc(N(C)C(=O)CCc2ccsc2)n1. The molecule has 3 nitrogen and oxygen atoms in total. The molecule has 0 bridgehead atoms. The van der Waals surface area contributed by atoms with Crippen LogP contribution in [0.1, 0.15) is 17.7 Å². The number of carbonyl (C=O) groups is 1. The summed E-state index contributed by atoms with van der Waals surface area (Å²) in [6.45, 7) is 1.92. The molecular formula is C14H16N2OS. The molecule has 0 radical (unpaired) electrons. The average Bonchev–Trinajstić information content (AvgIpc) is 2.88. The van der Waals surface area contributed by atoms with Crippen molar-refractivity contribution >= 4 is 23.1 Å². The van der Waals surface area contributed by atoms with Gasteiger partial charge in [0.1, 0.15) is 5.82 Å². The quantitative estimate of drug-likeness (QED) is 0.846. The summed E-state index contributed by atoms with van der Waals surface area (Å²) in [6.07, 6.45) is 1.31. The van der Waals surface area contributed by atoms with Crippen LogP contribution in [0.25, 0.3) is 0 Å². The lowest BCUT2D eigenvalue weighted by Gasteiger charge is -2.16. The Labute approximate surface area is 111 Å². The zero-order valence-electron chi connectivity index (χ0n) is 10.6. The highest BCUT2D eigenvalue weighted by Crippen LogP contribution is 2.13. The molecule has 0 aliphatic carbocycles. The van der Waals surface area contributed by atoms with Crippen molar-refractivity contribution in [3.05, 3.63) is 46.3 Å². The van der Waals surface area contributed by atoms with Gasteiger partial charge in [0, 0.05) is 19.2 Å². The van der Waals surface area contributed by atoms with E-state index in [0.29, 0.717) is 12.2 Å². The number of anilines is 1. The summed E-state index contributed by atoms with van der Waals surface area (Å²) in [5.74, 6) is 0.810. The number of aromatic nitrogens is 1. The van der Waals surface area contributed by atoms with Crippen LogP contribution in [0.2, 0.25) is 0 Å². The van der Waals surface area contributed by atoms with Crippen LogP contribution in [0.5, 0.6) is 0 Å². The van der Waals surface area contributed by atoms with E-state index in [1.807, 2.05) is 30.5 Å². The largest absolute Gasteiger partial charge is 0.300 e. The van der Waals surface area contributed by atoms with E-state index >= 15 is 0 Å². The van der Waals surface area contributed by atoms with Crippen LogP contribution in [-0.4, -0.2) is 17.9 Å². The molecule has 0 saturated carbocycles. The zero-order chi connectivity index (χ0) is 13.0. The number of aryl methyl sites for hydroxylation is 2. The summed E-state index contributed by atoms with van der Waals surface area (Å²) in [5.41, 5.74) is 2.14. The van der Waals surface area contributed by atoms with E-state index in [4.69, 9.17) is 0 Å². The molecule has 0 spiro atoms. The minimum atomic E-state index is 0.0966. The maximum atomic E-state index is 12.0. The van der Waals surface area contributed by atoms with Crippen LogP contribution in [0, 0.1) is 6.92 Å². The predicted octanol–water partition coefficient (Wildman–Crippen LogP) is 3.05. The lowest BCUT2D eigenvalue weighted by Crippen LogP contribution is -2.27. The van der Waals surface area contributed by atoms with Gasteiger partial charge in [-0.05, 0) is 47.9 Å². The fourth-order valence-electron chi connectivity index (χ4n) is 1.70. The van der Waals surface area contributed by atoms with Gasteiger partial charge >= 0.3 is 0 Å². The van der Waals surface area contributed by atoms with Crippen molar-refractivity contribution in [2.24, 2.45) is 0 Å². The highest BCUT2D eigenvalue weighted by atomic mass is 32.1. The molecule has 0 aromatic carbocycles. The van der Waals surface area contributed by atoms with Gasteiger partial charge in [0.15, 0.2) is 0 Å². The van der Waals surface area contributed by atoms with Gasteiger partial charge in [0.25, 0.3) is 0 Å². The Morgan fingerprint density at radius 1 is 1.39 bits per heavy atom. The molecule has 0 fully saturated rings. The van der Waals surface area contributed by atoms with Gasteiger partial charge in [-0.1, -0.05) is 6.07 Å². The van der Waals surface area contributed by atoms with Crippen molar-refractivity contribution in [2.75, 3.05) is 11.9 Å². The summed E-state index contributed by atoms with van der Waals surface area (Å²) in [7, 11) is 1.78. The first kappa shape index (κ1) is 12.8. The van der Waals surface area contributed by atoms with Gasteiger partial charge < -0.3 is 0 Å². The molecule has 4 heteroatoms. The minimum Gasteiger partial charge on any atom is -0.300 e. The molecule has 0 atom stereocenters. The first-order valence-electron chi connectivity index (χ1n) is 5.88. The predicted molar refractivity (Wildman–Crippen MR) is 75.0 cm³/mol. The molecule has 0 aliphatic rings. The average molecular weight is 260 g/mol. The fourth-order valence-corrected chi connectivity index (χ4v) is 2.40. The Bertz CT molecular complexity index is 522. The molecule has 2 rings (SSSR count). The van der Waals surface area contributed by atoms with Crippen LogP contribution in [-0.2, 0) is 11.2 Å². The summed E-state index contributed by atoms with van der Waals surface area (Å²) in [4.78, 5) is 18.0. The molecule has 2 heterocycles. The Kier molecular flexibility index (Phi) is 4.10. The lowest BCUT2D eigenvalue weighted by molar-refractivity contribution is -0.118. The van der Waals surface area contributed by atoms with Crippen molar-refractivity contribution < 1.29 is 4.79 Å². The number of rotatable bonds is 4. The summed E-state index contributed by atoms with van der Waals surface area (Å²) in [6, 6.07) is 7.76. The maximum absolute atomic E-state index is 12.0. The van der Waals surface area contributed by atoms with E-state index < -0.39 is 0 Å². The fraction of sp³-hybridized carbons (Fsp3) is 0.286. The van der Waals surface area contributed by atoms with E-state index in [9.17, 15) is 4.79 Å². The number of pyridine rings is 1. The third-order valence-corrected chi connectivity index (χ3v) is 3.53. The Balaban J connectivity index is 1.96. The first-order valence-corrected chi connectivity index (χ1v) is 6.82. The molecule has 2 aromatic heterocycles. The highest BCUT2D eigenvalue weighted by Gasteiger charge is 2.12. The molecular weight excluding hydrogens is 244 g/mol. The van der Waals surface area contributed by atoms with Gasteiger partial charge in [-0.3, -0.25) is 9.69 Å². The molecule has 18 heavy (non-hydrogen) atoms. The van der Waals surface area contributed by atoms with E-state index in [1.165, 1.54) is 5.56 Å². The van der Waals surface area contributed by atoms with E-state index in [2.05, 4.69) is 16.4 Å². The molecule has 0 aliphatic heterocycles. The summed E-state index contributed by atoms with van der Waals surface area (Å²) < 4.78 is 0. The van der Waals surface area contributed by atoms with Gasteiger partial charge in [-0.2, -0.15) is 11.3 Å². The molecule has 2 aromatic rings. The number of hydrogen-bond donors (Lipinski definition) is 0. The molecule has 0 N–H and O–H groups in total. The van der Waals surface area contributed by atoms with Crippen LogP contribution < -0.4 is 4.90 Å². The second-order valence-electron chi connectivity index (χ2n) is 4.22. The van der Waals surface area contributed by atoms with Gasteiger partial charge in [-0.15, -0.1) is 0 Å². The Hall–Kier alpha value is -1.68. The van der Waals surface area contributed by atoms with Crippen molar-refractivity contribution in [1.82, 2.24) is 4.98 Å². The monoisotopic (exact) mass is 260 g/mol. The van der Waals surface area contributed by atoms with Gasteiger partial charge in [0.05, 0.1) is 0 Å². The number of nitrogens with zero attached hydrogens (tertiary/aromatic N) is 2. The second-order valence-corrected chi connectivity index (χ2v) is 5.00. The maximum Gasteiger partial charge on any atom is 0.228 e. The summed E-state index contributed by atoms with van der Waals surface area (Å²) in [5, 5.41) is 4.11. The smallest absolute Gasteiger partial charge is 0.228 e. The Morgan fingerprint density at radius 3 is 2.89 bits per heavy atom. The highest BCUT2D eigenvalue weighted by molar-refractivity contribution is 7.07. The minimum absolute atomic E-state index is 0.0966.